The normalized spacial score (nSPS) is 15.1. The maximum Gasteiger partial charge on any atom is 0.189 e. The van der Waals surface area contributed by atoms with Gasteiger partial charge in [0.15, 0.2) is 8.32 Å². The summed E-state index contributed by atoms with van der Waals surface area (Å²) in [5.41, 5.74) is 0. The second kappa shape index (κ2) is 17.2. The molecule has 0 spiro atoms. The van der Waals surface area contributed by atoms with Gasteiger partial charge in [-0.2, -0.15) is 0 Å². The van der Waals surface area contributed by atoms with E-state index in [4.69, 9.17) is 5.11 Å². The van der Waals surface area contributed by atoms with Crippen molar-refractivity contribution in [1.82, 2.24) is 0 Å². The second-order valence-electron chi connectivity index (χ2n) is 8.31. The summed E-state index contributed by atoms with van der Waals surface area (Å²) in [5, 5.41) is 8.91. The van der Waals surface area contributed by atoms with E-state index >= 15 is 0 Å². The molecule has 1 fully saturated rings. The number of aliphatic hydroxyl groups is 1. The van der Waals surface area contributed by atoms with Gasteiger partial charge in [-0.3, -0.25) is 0 Å². The molecule has 0 saturated heterocycles. The first-order valence-corrected chi connectivity index (χ1v) is 11.6. The van der Waals surface area contributed by atoms with Crippen LogP contribution in [0.5, 0.6) is 0 Å². The first kappa shape index (κ1) is 32.4. The third kappa shape index (κ3) is 19.1. The molecule has 4 nitrogen and oxygen atoms in total. The fourth-order valence-electron chi connectivity index (χ4n) is 3.61. The molecule has 1 aliphatic carbocycles. The zero-order chi connectivity index (χ0) is 16.5. The smallest absolute Gasteiger partial charge is 0.189 e. The molecule has 0 radical (unpaired) electrons. The van der Waals surface area contributed by atoms with E-state index in [1.165, 1.54) is 19.3 Å². The molecule has 148 valence electrons. The Hall–Kier alpha value is 0.771. The molecule has 0 atom stereocenters. The summed E-state index contributed by atoms with van der Waals surface area (Å²) in [7, 11) is -1.94. The first-order valence-electron chi connectivity index (χ1n) is 9.05. The SMILES string of the molecule is CC(C)C[Si](O)(CC(C)C)CC(C)C.O.O.OC1CCCCC1.[Ti]. The Morgan fingerprint density at radius 1 is 0.750 bits per heavy atom. The summed E-state index contributed by atoms with van der Waals surface area (Å²) < 4.78 is 0. The van der Waals surface area contributed by atoms with Crippen molar-refractivity contribution < 1.29 is 42.6 Å². The third-order valence-electron chi connectivity index (χ3n) is 3.94. The Bertz CT molecular complexity index is 231. The molecule has 1 saturated carbocycles. The Morgan fingerprint density at radius 3 is 1.21 bits per heavy atom. The zero-order valence-electron chi connectivity index (χ0n) is 16.9. The van der Waals surface area contributed by atoms with Crippen LogP contribution in [-0.4, -0.2) is 35.3 Å². The summed E-state index contributed by atoms with van der Waals surface area (Å²) in [6, 6.07) is 3.22. The average Bonchev–Trinajstić information content (AvgIpc) is 2.26. The molecule has 0 heterocycles. The minimum atomic E-state index is -1.94. The van der Waals surface area contributed by atoms with E-state index in [9.17, 15) is 4.80 Å². The standard InChI is InChI=1S/C12H28OSi.C6H12O.2H2O.Ti/c1-10(2)7-14(13,8-11(3)4)9-12(5)6;7-6-4-2-1-3-5-6;;;/h10-13H,7-9H2,1-6H3;6-7H,1-5H2;2*1H2;. The average molecular weight is 400 g/mol. The molecule has 6 N–H and O–H groups in total. The molecule has 0 amide bonds. The molecule has 0 aromatic carbocycles. The van der Waals surface area contributed by atoms with Gasteiger partial charge in [-0.05, 0) is 48.7 Å². The number of hydrogen-bond acceptors (Lipinski definition) is 2. The van der Waals surface area contributed by atoms with Gasteiger partial charge in [0, 0.05) is 21.7 Å². The van der Waals surface area contributed by atoms with Crippen molar-refractivity contribution in [3.63, 3.8) is 0 Å². The van der Waals surface area contributed by atoms with Crippen molar-refractivity contribution in [2.75, 3.05) is 0 Å². The van der Waals surface area contributed by atoms with Gasteiger partial charge in [-0.15, -0.1) is 0 Å². The Labute approximate surface area is 166 Å². The Kier molecular flexibility index (Phi) is 23.2. The van der Waals surface area contributed by atoms with Crippen molar-refractivity contribution in [2.45, 2.75) is 97.9 Å². The number of aliphatic hydroxyl groups excluding tert-OH is 1. The van der Waals surface area contributed by atoms with Gasteiger partial charge in [0.05, 0.1) is 6.10 Å². The second-order valence-corrected chi connectivity index (χ2v) is 12.0. The van der Waals surface area contributed by atoms with E-state index in [1.54, 1.807) is 0 Å². The zero-order valence-corrected chi connectivity index (χ0v) is 19.4. The van der Waals surface area contributed by atoms with E-state index in [2.05, 4.69) is 41.5 Å². The predicted octanol–water partition coefficient (Wildman–Crippen LogP) is 3.55. The Balaban J connectivity index is -0.000000171. The predicted molar refractivity (Wildman–Crippen MR) is 103 cm³/mol. The summed E-state index contributed by atoms with van der Waals surface area (Å²) in [6.45, 7) is 13.3. The molecule has 24 heavy (non-hydrogen) atoms. The summed E-state index contributed by atoms with van der Waals surface area (Å²) in [6.07, 6.45) is 5.92. The molecule has 0 aromatic heterocycles. The molecule has 6 heteroatoms. The van der Waals surface area contributed by atoms with Crippen LogP contribution >= 0.6 is 0 Å². The van der Waals surface area contributed by atoms with Crippen LogP contribution in [0.2, 0.25) is 18.1 Å². The molecular weight excluding hydrogens is 356 g/mol. The van der Waals surface area contributed by atoms with Crippen LogP contribution in [0.4, 0.5) is 0 Å². The monoisotopic (exact) mass is 400 g/mol. The van der Waals surface area contributed by atoms with E-state index in [-0.39, 0.29) is 38.8 Å². The maximum atomic E-state index is 10.7. The molecule has 1 aliphatic rings. The molecular formula is C18H44O4SiTi. The molecule has 0 unspecified atom stereocenters. The van der Waals surface area contributed by atoms with Crippen molar-refractivity contribution in [3.05, 3.63) is 0 Å². The molecule has 1 rings (SSSR count). The van der Waals surface area contributed by atoms with Crippen LogP contribution in [0.1, 0.15) is 73.6 Å². The van der Waals surface area contributed by atoms with Crippen molar-refractivity contribution in [1.29, 1.82) is 0 Å². The van der Waals surface area contributed by atoms with E-state index < -0.39 is 8.32 Å². The van der Waals surface area contributed by atoms with E-state index in [0.717, 1.165) is 31.0 Å². The fraction of sp³-hybridized carbons (Fsp3) is 1.00. The van der Waals surface area contributed by atoms with Gasteiger partial charge < -0.3 is 20.9 Å². The van der Waals surface area contributed by atoms with Gasteiger partial charge in [0.25, 0.3) is 0 Å². The van der Waals surface area contributed by atoms with Crippen LogP contribution in [0, 0.1) is 17.8 Å². The van der Waals surface area contributed by atoms with Gasteiger partial charge in [-0.25, -0.2) is 0 Å². The largest absolute Gasteiger partial charge is 0.432 e. The minimum absolute atomic E-state index is 0. The van der Waals surface area contributed by atoms with Crippen LogP contribution in [-0.2, 0) is 21.7 Å². The number of rotatable bonds is 6. The van der Waals surface area contributed by atoms with Crippen molar-refractivity contribution >= 4 is 8.32 Å². The third-order valence-corrected chi connectivity index (χ3v) is 8.67. The minimum Gasteiger partial charge on any atom is -0.432 e. The topological polar surface area (TPSA) is 103 Å². The van der Waals surface area contributed by atoms with Gasteiger partial charge in [0.1, 0.15) is 0 Å². The van der Waals surface area contributed by atoms with E-state index in [1.807, 2.05) is 0 Å². The van der Waals surface area contributed by atoms with Crippen LogP contribution in [0.15, 0.2) is 0 Å². The van der Waals surface area contributed by atoms with Gasteiger partial charge >= 0.3 is 0 Å². The first-order chi connectivity index (χ1) is 9.64. The van der Waals surface area contributed by atoms with Gasteiger partial charge in [0.2, 0.25) is 0 Å². The molecule has 0 aliphatic heterocycles. The van der Waals surface area contributed by atoms with E-state index in [0.29, 0.717) is 17.8 Å². The molecule has 0 bridgehead atoms. The number of hydrogen-bond donors (Lipinski definition) is 2. The van der Waals surface area contributed by atoms with Crippen molar-refractivity contribution in [2.24, 2.45) is 17.8 Å². The van der Waals surface area contributed by atoms with Gasteiger partial charge in [-0.1, -0.05) is 60.8 Å². The summed E-state index contributed by atoms with van der Waals surface area (Å²) in [5.74, 6) is 1.93. The molecule has 0 aromatic rings. The quantitative estimate of drug-likeness (QED) is 0.666. The maximum absolute atomic E-state index is 10.7. The summed E-state index contributed by atoms with van der Waals surface area (Å²) in [4.78, 5) is 10.7. The summed E-state index contributed by atoms with van der Waals surface area (Å²) >= 11 is 0. The fourth-order valence-corrected chi connectivity index (χ4v) is 8.67. The van der Waals surface area contributed by atoms with Crippen LogP contribution < -0.4 is 0 Å². The Morgan fingerprint density at radius 2 is 1.04 bits per heavy atom. The van der Waals surface area contributed by atoms with Crippen LogP contribution in [0.25, 0.3) is 0 Å². The van der Waals surface area contributed by atoms with Crippen molar-refractivity contribution in [3.8, 4) is 0 Å². The van der Waals surface area contributed by atoms with Crippen LogP contribution in [0.3, 0.4) is 0 Å².